The molecule has 0 aliphatic heterocycles. The number of benzene rings is 1. The first-order valence-electron chi connectivity index (χ1n) is 6.32. The molecule has 4 nitrogen and oxygen atoms in total. The summed E-state index contributed by atoms with van der Waals surface area (Å²) in [5.41, 5.74) is 7.20. The molecule has 2 aromatic rings. The number of amides is 1. The van der Waals surface area contributed by atoms with Crippen LogP contribution in [0.25, 0.3) is 0 Å². The van der Waals surface area contributed by atoms with Crippen molar-refractivity contribution in [1.82, 2.24) is 5.32 Å². The Labute approximate surface area is 112 Å². The van der Waals surface area contributed by atoms with E-state index in [1.54, 1.807) is 0 Å². The molecule has 100 valence electrons. The number of rotatable bonds is 5. The lowest BCUT2D eigenvalue weighted by Gasteiger charge is -2.08. The number of carbonyl (C=O) groups excluding carboxylic acids is 1. The summed E-state index contributed by atoms with van der Waals surface area (Å²) in [6.07, 6.45) is 0.698. The summed E-state index contributed by atoms with van der Waals surface area (Å²) in [7, 11) is 0. The summed E-state index contributed by atoms with van der Waals surface area (Å²) in [5.74, 6) is 1.49. The Morgan fingerprint density at radius 1 is 1.26 bits per heavy atom. The lowest BCUT2D eigenvalue weighted by Crippen LogP contribution is -2.24. The molecule has 0 radical (unpaired) electrons. The summed E-state index contributed by atoms with van der Waals surface area (Å²) in [6, 6.07) is 11.3. The van der Waals surface area contributed by atoms with Crippen LogP contribution in [0.15, 0.2) is 40.8 Å². The average molecular weight is 258 g/mol. The summed E-state index contributed by atoms with van der Waals surface area (Å²) in [5, 5.41) is 2.85. The second kappa shape index (κ2) is 6.20. The number of nitrogens with two attached hydrogens (primary N) is 1. The van der Waals surface area contributed by atoms with E-state index in [0.29, 0.717) is 25.1 Å². The van der Waals surface area contributed by atoms with Crippen LogP contribution in [0.4, 0.5) is 0 Å². The molecule has 0 saturated heterocycles. The van der Waals surface area contributed by atoms with Gasteiger partial charge in [-0.1, -0.05) is 18.2 Å². The smallest absolute Gasteiger partial charge is 0.251 e. The van der Waals surface area contributed by atoms with Gasteiger partial charge in [-0.2, -0.15) is 0 Å². The molecule has 2 rings (SSSR count). The molecule has 0 fully saturated rings. The van der Waals surface area contributed by atoms with Crippen LogP contribution in [0.3, 0.4) is 0 Å². The van der Waals surface area contributed by atoms with E-state index >= 15 is 0 Å². The second-order valence-electron chi connectivity index (χ2n) is 4.39. The molecule has 0 atom stereocenters. The van der Waals surface area contributed by atoms with E-state index in [4.69, 9.17) is 10.2 Å². The molecule has 0 spiro atoms. The Balaban J connectivity index is 2.03. The van der Waals surface area contributed by atoms with Gasteiger partial charge in [0.05, 0.1) is 6.54 Å². The van der Waals surface area contributed by atoms with Crippen LogP contribution in [0.5, 0.6) is 0 Å². The van der Waals surface area contributed by atoms with Gasteiger partial charge < -0.3 is 15.5 Å². The van der Waals surface area contributed by atoms with Gasteiger partial charge in [0.15, 0.2) is 0 Å². The summed E-state index contributed by atoms with van der Waals surface area (Å²) in [6.45, 7) is 2.80. The van der Waals surface area contributed by atoms with E-state index in [-0.39, 0.29) is 5.91 Å². The fraction of sp³-hybridized carbons (Fsp3) is 0.267. The van der Waals surface area contributed by atoms with Crippen molar-refractivity contribution in [2.24, 2.45) is 5.73 Å². The third-order valence-electron chi connectivity index (χ3n) is 2.89. The predicted molar refractivity (Wildman–Crippen MR) is 73.8 cm³/mol. The van der Waals surface area contributed by atoms with Gasteiger partial charge in [-0.15, -0.1) is 0 Å². The van der Waals surface area contributed by atoms with Crippen LogP contribution in [-0.4, -0.2) is 12.5 Å². The SMILES string of the molecule is Cc1ccc(CNC(=O)c2ccccc2CCN)o1. The molecular formula is C15H18N2O2. The van der Waals surface area contributed by atoms with E-state index in [0.717, 1.165) is 17.1 Å². The quantitative estimate of drug-likeness (QED) is 0.862. The summed E-state index contributed by atoms with van der Waals surface area (Å²) < 4.78 is 5.41. The largest absolute Gasteiger partial charge is 0.465 e. The van der Waals surface area contributed by atoms with Crippen molar-refractivity contribution in [3.05, 3.63) is 59.0 Å². The molecule has 0 bridgehead atoms. The van der Waals surface area contributed by atoms with Crippen LogP contribution >= 0.6 is 0 Å². The molecule has 3 N–H and O–H groups in total. The molecule has 19 heavy (non-hydrogen) atoms. The van der Waals surface area contributed by atoms with Crippen LogP contribution in [0.1, 0.15) is 27.4 Å². The Hall–Kier alpha value is -2.07. The average Bonchev–Trinajstić information content (AvgIpc) is 2.83. The lowest BCUT2D eigenvalue weighted by molar-refractivity contribution is 0.0947. The summed E-state index contributed by atoms with van der Waals surface area (Å²) in [4.78, 5) is 12.1. The minimum absolute atomic E-state index is 0.0990. The number of aryl methyl sites for hydroxylation is 1. The van der Waals surface area contributed by atoms with Gasteiger partial charge in [0.2, 0.25) is 0 Å². The lowest BCUT2D eigenvalue weighted by atomic mass is 10.0. The maximum Gasteiger partial charge on any atom is 0.251 e. The minimum Gasteiger partial charge on any atom is -0.465 e. The van der Waals surface area contributed by atoms with Crippen molar-refractivity contribution in [2.75, 3.05) is 6.54 Å². The van der Waals surface area contributed by atoms with E-state index in [9.17, 15) is 4.79 Å². The van der Waals surface area contributed by atoms with Crippen molar-refractivity contribution >= 4 is 5.91 Å². The first-order valence-corrected chi connectivity index (χ1v) is 6.32. The molecule has 1 heterocycles. The standard InChI is InChI=1S/C15H18N2O2/c1-11-6-7-13(19-11)10-17-15(18)14-5-3-2-4-12(14)8-9-16/h2-7H,8-10,16H2,1H3,(H,17,18). The van der Waals surface area contributed by atoms with Crippen molar-refractivity contribution in [1.29, 1.82) is 0 Å². The molecule has 0 aliphatic rings. The van der Waals surface area contributed by atoms with Gasteiger partial charge in [0.25, 0.3) is 5.91 Å². The van der Waals surface area contributed by atoms with Gasteiger partial charge in [-0.3, -0.25) is 4.79 Å². The highest BCUT2D eigenvalue weighted by Gasteiger charge is 2.10. The summed E-state index contributed by atoms with van der Waals surface area (Å²) >= 11 is 0. The van der Waals surface area contributed by atoms with Gasteiger partial charge in [0.1, 0.15) is 11.5 Å². The van der Waals surface area contributed by atoms with E-state index in [1.165, 1.54) is 0 Å². The zero-order chi connectivity index (χ0) is 13.7. The monoisotopic (exact) mass is 258 g/mol. The zero-order valence-electron chi connectivity index (χ0n) is 11.0. The Kier molecular flexibility index (Phi) is 4.36. The van der Waals surface area contributed by atoms with Gasteiger partial charge in [-0.05, 0) is 43.7 Å². The van der Waals surface area contributed by atoms with Crippen molar-refractivity contribution in [3.63, 3.8) is 0 Å². The van der Waals surface area contributed by atoms with E-state index < -0.39 is 0 Å². The second-order valence-corrected chi connectivity index (χ2v) is 4.39. The van der Waals surface area contributed by atoms with Crippen LogP contribution in [0, 0.1) is 6.92 Å². The molecule has 0 saturated carbocycles. The predicted octanol–water partition coefficient (Wildman–Crippen LogP) is 2.02. The number of nitrogens with one attached hydrogen (secondary N) is 1. The third-order valence-corrected chi connectivity index (χ3v) is 2.89. The van der Waals surface area contributed by atoms with Crippen LogP contribution < -0.4 is 11.1 Å². The highest BCUT2D eigenvalue weighted by Crippen LogP contribution is 2.10. The van der Waals surface area contributed by atoms with Crippen LogP contribution in [0.2, 0.25) is 0 Å². The Bertz CT molecular complexity index is 561. The van der Waals surface area contributed by atoms with Crippen LogP contribution in [-0.2, 0) is 13.0 Å². The van der Waals surface area contributed by atoms with E-state index in [2.05, 4.69) is 5.32 Å². The Morgan fingerprint density at radius 3 is 2.74 bits per heavy atom. The molecule has 1 amide bonds. The highest BCUT2D eigenvalue weighted by molar-refractivity contribution is 5.95. The third kappa shape index (κ3) is 3.45. The maximum atomic E-state index is 12.1. The zero-order valence-corrected chi connectivity index (χ0v) is 11.0. The van der Waals surface area contributed by atoms with Crippen molar-refractivity contribution in [3.8, 4) is 0 Å². The maximum absolute atomic E-state index is 12.1. The first-order chi connectivity index (χ1) is 9.20. The normalized spacial score (nSPS) is 10.4. The molecule has 0 unspecified atom stereocenters. The fourth-order valence-corrected chi connectivity index (χ4v) is 1.96. The topological polar surface area (TPSA) is 68.3 Å². The number of hydrogen-bond acceptors (Lipinski definition) is 3. The number of furan rings is 1. The number of carbonyl (C=O) groups is 1. The highest BCUT2D eigenvalue weighted by atomic mass is 16.3. The molecule has 1 aromatic heterocycles. The molecule has 0 aliphatic carbocycles. The Morgan fingerprint density at radius 2 is 2.05 bits per heavy atom. The van der Waals surface area contributed by atoms with E-state index in [1.807, 2.05) is 43.3 Å². The fourth-order valence-electron chi connectivity index (χ4n) is 1.96. The van der Waals surface area contributed by atoms with Crippen molar-refractivity contribution in [2.45, 2.75) is 19.9 Å². The first kappa shape index (κ1) is 13.4. The molecular weight excluding hydrogens is 240 g/mol. The van der Waals surface area contributed by atoms with Gasteiger partial charge in [0, 0.05) is 5.56 Å². The van der Waals surface area contributed by atoms with Crippen molar-refractivity contribution < 1.29 is 9.21 Å². The molecule has 4 heteroatoms. The minimum atomic E-state index is -0.0990. The van der Waals surface area contributed by atoms with Gasteiger partial charge in [-0.25, -0.2) is 0 Å². The molecule has 1 aromatic carbocycles. The van der Waals surface area contributed by atoms with Gasteiger partial charge >= 0.3 is 0 Å². The number of hydrogen-bond donors (Lipinski definition) is 2.